The number of fused-ring (bicyclic) bond motifs is 1. The first-order valence-electron chi connectivity index (χ1n) is 12.3. The first kappa shape index (κ1) is 28.6. The van der Waals surface area contributed by atoms with Crippen LogP contribution in [0.25, 0.3) is 16.8 Å². The molecule has 12 heteroatoms. The fraction of sp³-hybridized carbons (Fsp3) is 0.286. The van der Waals surface area contributed by atoms with Gasteiger partial charge in [-0.1, -0.05) is 5.92 Å². The lowest BCUT2D eigenvalue weighted by molar-refractivity contribution is -0.118. The van der Waals surface area contributed by atoms with Crippen molar-refractivity contribution in [1.29, 1.82) is 0 Å². The van der Waals surface area contributed by atoms with E-state index in [1.54, 1.807) is 30.5 Å². The summed E-state index contributed by atoms with van der Waals surface area (Å²) in [6.45, 7) is 5.87. The molecule has 0 aliphatic rings. The number of amides is 1. The molecule has 0 spiro atoms. The minimum absolute atomic E-state index is 0.00885. The molecule has 0 saturated heterocycles. The summed E-state index contributed by atoms with van der Waals surface area (Å²) in [5.74, 6) is 3.38. The fourth-order valence-electron chi connectivity index (χ4n) is 4.22. The number of hydrogen-bond donors (Lipinski definition) is 2. The zero-order valence-electron chi connectivity index (χ0n) is 22.4. The number of sulfonamides is 1. The van der Waals surface area contributed by atoms with Gasteiger partial charge in [-0.2, -0.15) is 0 Å². The van der Waals surface area contributed by atoms with E-state index in [1.165, 1.54) is 16.5 Å². The molecule has 4 rings (SSSR count). The van der Waals surface area contributed by atoms with E-state index in [4.69, 9.17) is 10.7 Å². The van der Waals surface area contributed by atoms with E-state index in [9.17, 15) is 22.0 Å². The number of hydrogen-bond acceptors (Lipinski definition) is 6. The second-order valence-electron chi connectivity index (χ2n) is 10.5. The van der Waals surface area contributed by atoms with Gasteiger partial charge in [0.1, 0.15) is 17.3 Å². The van der Waals surface area contributed by atoms with Gasteiger partial charge in [-0.25, -0.2) is 22.2 Å². The highest BCUT2D eigenvalue weighted by Gasteiger charge is 2.24. The molecule has 1 amide bonds. The van der Waals surface area contributed by atoms with Gasteiger partial charge in [-0.05, 0) is 75.1 Å². The van der Waals surface area contributed by atoms with Crippen LogP contribution in [0, 0.1) is 28.9 Å². The molecule has 3 heterocycles. The maximum absolute atomic E-state index is 14.0. The van der Waals surface area contributed by atoms with E-state index in [1.807, 2.05) is 20.8 Å². The normalized spacial score (nSPS) is 12.6. The third-order valence-corrected chi connectivity index (χ3v) is 6.28. The van der Waals surface area contributed by atoms with Gasteiger partial charge in [-0.3, -0.25) is 13.9 Å². The molecule has 0 bridgehead atoms. The maximum atomic E-state index is 14.0. The van der Waals surface area contributed by atoms with Crippen LogP contribution in [0.15, 0.2) is 48.7 Å². The Hall–Kier alpha value is -4.37. The topological polar surface area (TPSA) is 132 Å². The van der Waals surface area contributed by atoms with Gasteiger partial charge in [0.2, 0.25) is 21.9 Å². The number of halogens is 2. The van der Waals surface area contributed by atoms with E-state index >= 15 is 0 Å². The molecule has 0 fully saturated rings. The van der Waals surface area contributed by atoms with Crippen molar-refractivity contribution in [3.63, 3.8) is 0 Å². The highest BCUT2D eigenvalue weighted by Crippen LogP contribution is 2.35. The van der Waals surface area contributed by atoms with Crippen LogP contribution in [0.1, 0.15) is 50.1 Å². The first-order valence-corrected chi connectivity index (χ1v) is 14.2. The van der Waals surface area contributed by atoms with Crippen molar-refractivity contribution in [2.75, 3.05) is 11.0 Å². The standard InChI is InChI=1S/C28H28F2N6O3S/c1-28(2,3)10-9-21-7-8-22(23-6-5-11-36-26(23)33-34-27(36)35-40(4,38)39)25(32-21)18(15-24(31)37)12-17-13-19(29)16-20(30)14-17/h5-8,11,13-14,16,18H,12,15H2,1-4H3,(H2,31,37)(H,34,35)/t18-/m0/s1. The molecule has 4 aromatic rings. The van der Waals surface area contributed by atoms with Crippen LogP contribution < -0.4 is 10.5 Å². The van der Waals surface area contributed by atoms with Crippen molar-refractivity contribution >= 4 is 27.5 Å². The number of anilines is 1. The monoisotopic (exact) mass is 566 g/mol. The number of nitrogens with zero attached hydrogens (tertiary/aromatic N) is 4. The number of rotatable bonds is 8. The summed E-state index contributed by atoms with van der Waals surface area (Å²) >= 11 is 0. The molecule has 208 valence electrons. The van der Waals surface area contributed by atoms with E-state index in [0.717, 1.165) is 12.3 Å². The van der Waals surface area contributed by atoms with Crippen LogP contribution in [0.2, 0.25) is 0 Å². The molecular weight excluding hydrogens is 538 g/mol. The van der Waals surface area contributed by atoms with Gasteiger partial charge in [0.15, 0.2) is 5.65 Å². The van der Waals surface area contributed by atoms with Crippen LogP contribution in [0.3, 0.4) is 0 Å². The zero-order valence-corrected chi connectivity index (χ0v) is 23.2. The maximum Gasteiger partial charge on any atom is 0.242 e. The van der Waals surface area contributed by atoms with Gasteiger partial charge in [0.25, 0.3) is 0 Å². The molecule has 0 aliphatic carbocycles. The largest absolute Gasteiger partial charge is 0.370 e. The van der Waals surface area contributed by atoms with Crippen molar-refractivity contribution in [2.24, 2.45) is 11.1 Å². The molecule has 1 aromatic carbocycles. The molecule has 0 saturated carbocycles. The average molecular weight is 567 g/mol. The number of carbonyl (C=O) groups excluding carboxylic acids is 1. The summed E-state index contributed by atoms with van der Waals surface area (Å²) in [5.41, 5.74) is 7.88. The van der Waals surface area contributed by atoms with E-state index in [0.29, 0.717) is 33.7 Å². The number of benzene rings is 1. The van der Waals surface area contributed by atoms with Crippen molar-refractivity contribution in [3.8, 4) is 23.0 Å². The summed E-state index contributed by atoms with van der Waals surface area (Å²) in [5, 5.41) is 8.15. The van der Waals surface area contributed by atoms with Crippen molar-refractivity contribution in [2.45, 2.75) is 39.5 Å². The van der Waals surface area contributed by atoms with Crippen LogP contribution in [-0.4, -0.2) is 40.2 Å². The van der Waals surface area contributed by atoms with Crippen LogP contribution >= 0.6 is 0 Å². The molecule has 3 aromatic heterocycles. The Labute approximate surface area is 230 Å². The van der Waals surface area contributed by atoms with E-state index in [2.05, 4.69) is 26.8 Å². The number of nitrogens with one attached hydrogen (secondary N) is 1. The minimum atomic E-state index is -3.63. The minimum Gasteiger partial charge on any atom is -0.370 e. The first-order chi connectivity index (χ1) is 18.7. The van der Waals surface area contributed by atoms with Crippen molar-refractivity contribution in [3.05, 3.63) is 77.2 Å². The second kappa shape index (κ2) is 11.0. The van der Waals surface area contributed by atoms with Gasteiger partial charge in [0.05, 0.1) is 11.9 Å². The summed E-state index contributed by atoms with van der Waals surface area (Å²) in [6, 6.07) is 10.1. The number of pyridine rings is 2. The Kier molecular flexibility index (Phi) is 7.88. The predicted octanol–water partition coefficient (Wildman–Crippen LogP) is 4.04. The Morgan fingerprint density at radius 3 is 2.42 bits per heavy atom. The summed E-state index contributed by atoms with van der Waals surface area (Å²) < 4.78 is 55.5. The van der Waals surface area contributed by atoms with Gasteiger partial charge < -0.3 is 5.73 Å². The van der Waals surface area contributed by atoms with Gasteiger partial charge in [0, 0.05) is 41.1 Å². The highest BCUT2D eigenvalue weighted by atomic mass is 32.2. The second-order valence-corrected chi connectivity index (χ2v) is 12.2. The zero-order chi connectivity index (χ0) is 29.2. The lowest BCUT2D eigenvalue weighted by Crippen LogP contribution is -2.19. The highest BCUT2D eigenvalue weighted by molar-refractivity contribution is 7.92. The Balaban J connectivity index is 1.93. The van der Waals surface area contributed by atoms with E-state index in [-0.39, 0.29) is 24.2 Å². The van der Waals surface area contributed by atoms with Crippen LogP contribution in [0.5, 0.6) is 0 Å². The molecular formula is C28H28F2N6O3S. The summed E-state index contributed by atoms with van der Waals surface area (Å²) in [4.78, 5) is 17.0. The lowest BCUT2D eigenvalue weighted by Gasteiger charge is -2.20. The Bertz CT molecular complexity index is 1750. The Morgan fingerprint density at radius 1 is 1.10 bits per heavy atom. The third kappa shape index (κ3) is 7.18. The SMILES string of the molecule is CC(C)(C)C#Cc1ccc(-c2cccn3c(NS(C)(=O)=O)nnc23)c([C@H](CC(N)=O)Cc2cc(F)cc(F)c2)n1. The van der Waals surface area contributed by atoms with Gasteiger partial charge >= 0.3 is 0 Å². The number of aromatic nitrogens is 4. The van der Waals surface area contributed by atoms with Crippen molar-refractivity contribution < 1.29 is 22.0 Å². The lowest BCUT2D eigenvalue weighted by atomic mass is 9.87. The number of primary amides is 1. The Morgan fingerprint density at radius 2 is 1.80 bits per heavy atom. The van der Waals surface area contributed by atoms with Crippen molar-refractivity contribution in [1.82, 2.24) is 19.6 Å². The predicted molar refractivity (Wildman–Crippen MR) is 148 cm³/mol. The molecule has 0 unspecified atom stereocenters. The molecule has 0 aliphatic heterocycles. The molecule has 3 N–H and O–H groups in total. The molecule has 0 radical (unpaired) electrons. The van der Waals surface area contributed by atoms with Crippen LogP contribution in [0.4, 0.5) is 14.7 Å². The molecule has 1 atom stereocenters. The van der Waals surface area contributed by atoms with Gasteiger partial charge in [-0.15, -0.1) is 10.2 Å². The fourth-order valence-corrected chi connectivity index (χ4v) is 4.69. The summed E-state index contributed by atoms with van der Waals surface area (Å²) in [6.07, 6.45) is 2.50. The smallest absolute Gasteiger partial charge is 0.242 e. The number of carbonyl (C=O) groups is 1. The average Bonchev–Trinajstić information content (AvgIpc) is 3.22. The molecule has 9 nitrogen and oxygen atoms in total. The quantitative estimate of drug-likeness (QED) is 0.310. The van der Waals surface area contributed by atoms with Crippen LogP contribution in [-0.2, 0) is 21.2 Å². The van der Waals surface area contributed by atoms with E-state index < -0.39 is 33.5 Å². The number of nitrogens with two attached hydrogens (primary N) is 1. The third-order valence-electron chi connectivity index (χ3n) is 5.73. The summed E-state index contributed by atoms with van der Waals surface area (Å²) in [7, 11) is -3.63. The molecule has 40 heavy (non-hydrogen) atoms.